The molecule has 0 heterocycles. The van der Waals surface area contributed by atoms with Crippen molar-refractivity contribution in [1.29, 1.82) is 5.26 Å². The molecule has 1 fully saturated rings. The van der Waals surface area contributed by atoms with Gasteiger partial charge in [-0.15, -0.1) is 0 Å². The van der Waals surface area contributed by atoms with E-state index in [0.29, 0.717) is 17.4 Å². The van der Waals surface area contributed by atoms with Crippen molar-refractivity contribution in [2.24, 2.45) is 5.92 Å². The molecule has 0 N–H and O–H groups in total. The van der Waals surface area contributed by atoms with Crippen LogP contribution in [0.4, 0.5) is 17.6 Å². The predicted octanol–water partition coefficient (Wildman–Crippen LogP) is 7.04. The van der Waals surface area contributed by atoms with E-state index in [0.717, 1.165) is 37.8 Å². The number of benzene rings is 2. The van der Waals surface area contributed by atoms with Crippen LogP contribution >= 0.6 is 0 Å². The Morgan fingerprint density at radius 1 is 1.03 bits per heavy atom. The van der Waals surface area contributed by atoms with Gasteiger partial charge in [0.15, 0.2) is 0 Å². The molecule has 0 atom stereocenters. The third-order valence-corrected chi connectivity index (χ3v) is 5.76. The van der Waals surface area contributed by atoms with Crippen molar-refractivity contribution in [3.8, 4) is 6.07 Å². The molecule has 0 aliphatic heterocycles. The minimum absolute atomic E-state index is 0.275. The number of halogens is 4. The van der Waals surface area contributed by atoms with Crippen molar-refractivity contribution in [2.45, 2.75) is 57.7 Å². The van der Waals surface area contributed by atoms with Crippen molar-refractivity contribution in [3.63, 3.8) is 0 Å². The Hall–Kier alpha value is -2.65. The van der Waals surface area contributed by atoms with Crippen LogP contribution < -0.4 is 0 Å². The van der Waals surface area contributed by atoms with Crippen molar-refractivity contribution in [3.05, 3.63) is 82.4 Å². The molecule has 0 radical (unpaired) electrons. The van der Waals surface area contributed by atoms with Gasteiger partial charge in [0.1, 0.15) is 23.3 Å². The van der Waals surface area contributed by atoms with Crippen LogP contribution in [0.1, 0.15) is 60.8 Å². The summed E-state index contributed by atoms with van der Waals surface area (Å²) < 4.78 is 60.4. The van der Waals surface area contributed by atoms with Crippen LogP contribution in [0.15, 0.2) is 48.6 Å². The second kappa shape index (κ2) is 10.1. The normalized spacial score (nSPS) is 19.5. The van der Waals surface area contributed by atoms with Crippen molar-refractivity contribution in [1.82, 2.24) is 0 Å². The highest BCUT2D eigenvalue weighted by Crippen LogP contribution is 2.36. The summed E-state index contributed by atoms with van der Waals surface area (Å²) >= 11 is 0. The third kappa shape index (κ3) is 6.18. The molecule has 164 valence electrons. The first-order valence-corrected chi connectivity index (χ1v) is 10.4. The smallest absolute Gasteiger partial charge is 0.315 e. The van der Waals surface area contributed by atoms with Gasteiger partial charge in [-0.05, 0) is 73.3 Å². The number of nitrogens with zero attached hydrogens (tertiary/aromatic N) is 1. The molecule has 0 bridgehead atoms. The minimum atomic E-state index is -3.60. The maximum atomic E-state index is 14.2. The highest BCUT2D eigenvalue weighted by molar-refractivity contribution is 5.35. The standard InChI is InChI=1S/C25H25F4NO/c1-2-3-17-4-8-20(9-5-17)21-10-6-18(7-11-21)16-31-25(28,29)14-19-12-23(26)22(15-30)24(27)13-19/h2-3,6-7,10-13,17,20H,4-5,8-9,14,16H2,1H3. The van der Waals surface area contributed by atoms with Gasteiger partial charge in [0.2, 0.25) is 0 Å². The Morgan fingerprint density at radius 3 is 2.19 bits per heavy atom. The molecule has 3 rings (SSSR count). The predicted molar refractivity (Wildman–Crippen MR) is 110 cm³/mol. The molecule has 2 nitrogen and oxygen atoms in total. The lowest BCUT2D eigenvalue weighted by Crippen LogP contribution is -2.24. The molecule has 2 aromatic rings. The van der Waals surface area contributed by atoms with E-state index in [9.17, 15) is 17.6 Å². The number of hydrogen-bond acceptors (Lipinski definition) is 2. The minimum Gasteiger partial charge on any atom is -0.315 e. The molecule has 1 saturated carbocycles. The first-order valence-electron chi connectivity index (χ1n) is 10.4. The van der Waals surface area contributed by atoms with Crippen molar-refractivity contribution in [2.75, 3.05) is 0 Å². The number of alkyl halides is 2. The molecule has 1 aliphatic carbocycles. The maximum absolute atomic E-state index is 14.2. The van der Waals surface area contributed by atoms with Gasteiger partial charge in [-0.3, -0.25) is 0 Å². The van der Waals surface area contributed by atoms with Crippen LogP contribution in [0.2, 0.25) is 0 Å². The van der Waals surface area contributed by atoms with Crippen LogP contribution in [0.3, 0.4) is 0 Å². The summed E-state index contributed by atoms with van der Waals surface area (Å²) in [7, 11) is 0. The Morgan fingerprint density at radius 2 is 1.65 bits per heavy atom. The molecular weight excluding hydrogens is 406 g/mol. The van der Waals surface area contributed by atoms with E-state index in [1.54, 1.807) is 12.1 Å². The van der Waals surface area contributed by atoms with E-state index in [2.05, 4.69) is 12.2 Å². The fraction of sp³-hybridized carbons (Fsp3) is 0.400. The van der Waals surface area contributed by atoms with Gasteiger partial charge in [0.05, 0.1) is 13.0 Å². The lowest BCUT2D eigenvalue weighted by Gasteiger charge is -2.27. The summed E-state index contributed by atoms with van der Waals surface area (Å²) in [6, 6.07) is 10.3. The van der Waals surface area contributed by atoms with Crippen molar-refractivity contribution < 1.29 is 22.3 Å². The van der Waals surface area contributed by atoms with Crippen LogP contribution in [0.25, 0.3) is 0 Å². The van der Waals surface area contributed by atoms with Gasteiger partial charge >= 0.3 is 6.11 Å². The molecule has 0 saturated heterocycles. The highest BCUT2D eigenvalue weighted by atomic mass is 19.3. The third-order valence-electron chi connectivity index (χ3n) is 5.76. The molecule has 0 spiro atoms. The zero-order chi connectivity index (χ0) is 22.4. The van der Waals surface area contributed by atoms with Crippen LogP contribution in [-0.2, 0) is 17.8 Å². The summed E-state index contributed by atoms with van der Waals surface area (Å²) in [4.78, 5) is 0. The summed E-state index contributed by atoms with van der Waals surface area (Å²) in [6.07, 6.45) is 4.31. The quantitative estimate of drug-likeness (QED) is 0.348. The van der Waals surface area contributed by atoms with Gasteiger partial charge in [-0.25, -0.2) is 8.78 Å². The largest absolute Gasteiger partial charge is 0.360 e. The topological polar surface area (TPSA) is 33.0 Å². The van der Waals surface area contributed by atoms with Gasteiger partial charge in [-0.1, -0.05) is 36.4 Å². The fourth-order valence-corrected chi connectivity index (χ4v) is 4.12. The first kappa shape index (κ1) is 23.0. The first-order chi connectivity index (χ1) is 14.8. The zero-order valence-electron chi connectivity index (χ0n) is 17.4. The lowest BCUT2D eigenvalue weighted by molar-refractivity contribution is -0.244. The van der Waals surface area contributed by atoms with E-state index in [4.69, 9.17) is 10.00 Å². The second-order valence-corrected chi connectivity index (χ2v) is 8.03. The van der Waals surface area contributed by atoms with Crippen LogP contribution in [0.5, 0.6) is 0 Å². The molecule has 2 aromatic carbocycles. The Balaban J connectivity index is 1.55. The molecule has 1 aliphatic rings. The molecule has 0 aromatic heterocycles. The Labute approximate surface area is 180 Å². The summed E-state index contributed by atoms with van der Waals surface area (Å²) in [5.41, 5.74) is 0.743. The number of rotatable bonds is 7. The number of nitriles is 1. The maximum Gasteiger partial charge on any atom is 0.360 e. The summed E-state index contributed by atoms with van der Waals surface area (Å²) in [5.74, 6) is -1.19. The molecule has 6 heteroatoms. The van der Waals surface area contributed by atoms with Crippen molar-refractivity contribution >= 4 is 0 Å². The van der Waals surface area contributed by atoms with Crippen LogP contribution in [0, 0.1) is 28.9 Å². The average molecular weight is 431 g/mol. The Kier molecular flexibility index (Phi) is 7.50. The summed E-state index contributed by atoms with van der Waals surface area (Å²) in [6.45, 7) is 1.72. The monoisotopic (exact) mass is 431 g/mol. The summed E-state index contributed by atoms with van der Waals surface area (Å²) in [5, 5.41) is 8.66. The molecule has 0 unspecified atom stereocenters. The van der Waals surface area contributed by atoms with E-state index >= 15 is 0 Å². The van der Waals surface area contributed by atoms with E-state index in [1.165, 1.54) is 11.6 Å². The number of hydrogen-bond donors (Lipinski definition) is 0. The van der Waals surface area contributed by atoms with Gasteiger partial charge in [0, 0.05) is 0 Å². The zero-order valence-corrected chi connectivity index (χ0v) is 17.4. The lowest BCUT2D eigenvalue weighted by atomic mass is 9.78. The molecular formula is C25H25F4NO. The van der Waals surface area contributed by atoms with Crippen LogP contribution in [-0.4, -0.2) is 6.11 Å². The number of ether oxygens (including phenoxy) is 1. The Bertz CT molecular complexity index is 931. The average Bonchev–Trinajstić information content (AvgIpc) is 2.73. The highest BCUT2D eigenvalue weighted by Gasteiger charge is 2.31. The molecule has 0 amide bonds. The van der Waals surface area contributed by atoms with E-state index in [-0.39, 0.29) is 12.2 Å². The molecule has 31 heavy (non-hydrogen) atoms. The second-order valence-electron chi connectivity index (χ2n) is 8.03. The van der Waals surface area contributed by atoms with Gasteiger partial charge in [0.25, 0.3) is 0 Å². The fourth-order valence-electron chi connectivity index (χ4n) is 4.12. The van der Waals surface area contributed by atoms with Gasteiger partial charge < -0.3 is 4.74 Å². The number of allylic oxidation sites excluding steroid dienone is 2. The van der Waals surface area contributed by atoms with E-state index < -0.39 is 29.7 Å². The van der Waals surface area contributed by atoms with Gasteiger partial charge in [-0.2, -0.15) is 14.0 Å². The SMILES string of the molecule is CC=CC1CCC(c2ccc(COC(F)(F)Cc3cc(F)c(C#N)c(F)c3)cc2)CC1. The van der Waals surface area contributed by atoms with E-state index in [1.807, 2.05) is 19.1 Å².